The van der Waals surface area contributed by atoms with Crippen molar-refractivity contribution in [3.8, 4) is 16.9 Å². The number of nitrogens with zero attached hydrogens (tertiary/aromatic N) is 2. The average molecular weight is 464 g/mol. The van der Waals surface area contributed by atoms with Gasteiger partial charge in [-0.2, -0.15) is 4.39 Å². The molecular weight excluding hydrogens is 443 g/mol. The second-order valence-corrected chi connectivity index (χ2v) is 8.03. The van der Waals surface area contributed by atoms with E-state index in [1.807, 2.05) is 0 Å². The molecule has 1 saturated heterocycles. The largest absolute Gasteiger partial charge is 0.474 e. The summed E-state index contributed by atoms with van der Waals surface area (Å²) in [5.74, 6) is -1.81. The van der Waals surface area contributed by atoms with Crippen LogP contribution >= 0.6 is 11.8 Å². The summed E-state index contributed by atoms with van der Waals surface area (Å²) in [5, 5.41) is 0. The van der Waals surface area contributed by atoms with Gasteiger partial charge in [-0.25, -0.2) is 4.98 Å². The minimum absolute atomic E-state index is 0.245. The van der Waals surface area contributed by atoms with Crippen LogP contribution in [0, 0.1) is 5.95 Å². The number of hydrogen-bond donors (Lipinski definition) is 0. The number of aromatic nitrogens is 2. The molecule has 1 unspecified atom stereocenters. The summed E-state index contributed by atoms with van der Waals surface area (Å²) in [4.78, 5) is 42.7. The summed E-state index contributed by atoms with van der Waals surface area (Å²) in [6, 6.07) is 4.46. The van der Waals surface area contributed by atoms with Crippen molar-refractivity contribution in [2.24, 2.45) is 0 Å². The van der Waals surface area contributed by atoms with Crippen molar-refractivity contribution < 1.29 is 37.7 Å². The van der Waals surface area contributed by atoms with Crippen molar-refractivity contribution in [3.05, 3.63) is 42.7 Å². The van der Waals surface area contributed by atoms with Gasteiger partial charge in [0, 0.05) is 50.0 Å². The maximum atomic E-state index is 13.1. The number of halogens is 1. The van der Waals surface area contributed by atoms with Gasteiger partial charge in [-0.15, -0.1) is 11.8 Å². The Morgan fingerprint density at radius 2 is 1.62 bits per heavy atom. The summed E-state index contributed by atoms with van der Waals surface area (Å²) in [5.41, 5.74) is 0.484. The standard InChI is InChI=1S/C21H21FN2O7S/c1-11(25)28-17-10-32-21(20(30-13(3)27)19(17)29-12(2)26)31-16-6-15(7-23-9-16)14-4-5-18(22)24-8-14/h4-9,17,19-21H,10H2,1-3H3/t17-,19+,20-,21?/m1/s1. The van der Waals surface area contributed by atoms with Crippen molar-refractivity contribution >= 4 is 29.7 Å². The van der Waals surface area contributed by atoms with E-state index in [9.17, 15) is 18.8 Å². The third kappa shape index (κ3) is 6.16. The molecule has 0 aliphatic carbocycles. The summed E-state index contributed by atoms with van der Waals surface area (Å²) in [6.07, 6.45) is 1.48. The topological polar surface area (TPSA) is 114 Å². The van der Waals surface area contributed by atoms with Gasteiger partial charge in [0.15, 0.2) is 23.7 Å². The Bertz CT molecular complexity index is 988. The van der Waals surface area contributed by atoms with E-state index in [-0.39, 0.29) is 5.75 Å². The molecular formula is C21H21FN2O7S. The van der Waals surface area contributed by atoms with Crippen LogP contribution in [0.3, 0.4) is 0 Å². The summed E-state index contributed by atoms with van der Waals surface area (Å²) < 4.78 is 35.1. The molecule has 0 N–H and O–H groups in total. The highest BCUT2D eigenvalue weighted by Gasteiger charge is 2.47. The Morgan fingerprint density at radius 1 is 0.938 bits per heavy atom. The third-order valence-corrected chi connectivity index (χ3v) is 5.54. The molecule has 0 bridgehead atoms. The van der Waals surface area contributed by atoms with Crippen LogP contribution in [0.5, 0.6) is 5.75 Å². The van der Waals surface area contributed by atoms with Gasteiger partial charge >= 0.3 is 17.9 Å². The molecule has 0 amide bonds. The predicted octanol–water partition coefficient (Wildman–Crippen LogP) is 2.53. The SMILES string of the molecule is CC(=O)O[C@H]1[C@H](OC(C)=O)CSC(Oc2cncc(-c3ccc(F)nc3)c2)[C@@H]1OC(C)=O. The maximum Gasteiger partial charge on any atom is 0.303 e. The van der Waals surface area contributed by atoms with Crippen LogP contribution in [0.25, 0.3) is 11.1 Å². The van der Waals surface area contributed by atoms with Gasteiger partial charge in [0.25, 0.3) is 0 Å². The van der Waals surface area contributed by atoms with Crippen LogP contribution in [0.4, 0.5) is 4.39 Å². The van der Waals surface area contributed by atoms with Gasteiger partial charge in [0.1, 0.15) is 5.75 Å². The molecule has 3 rings (SSSR count). The van der Waals surface area contributed by atoms with E-state index in [4.69, 9.17) is 18.9 Å². The number of rotatable bonds is 6. The molecule has 1 aliphatic rings. The molecule has 0 aromatic carbocycles. The lowest BCUT2D eigenvalue weighted by Gasteiger charge is -2.39. The van der Waals surface area contributed by atoms with Crippen molar-refractivity contribution in [1.29, 1.82) is 0 Å². The van der Waals surface area contributed by atoms with E-state index < -0.39 is 47.6 Å². The Kier molecular flexibility index (Phi) is 7.62. The second-order valence-electron chi connectivity index (χ2n) is 6.89. The van der Waals surface area contributed by atoms with E-state index in [2.05, 4.69) is 9.97 Å². The zero-order valence-corrected chi connectivity index (χ0v) is 18.3. The number of hydrogen-bond acceptors (Lipinski definition) is 10. The van der Waals surface area contributed by atoms with Gasteiger partial charge in [0.05, 0.1) is 6.20 Å². The zero-order valence-electron chi connectivity index (χ0n) is 17.5. The first kappa shape index (κ1) is 23.5. The quantitative estimate of drug-likeness (QED) is 0.359. The lowest BCUT2D eigenvalue weighted by molar-refractivity contribution is -0.186. The molecule has 11 heteroatoms. The Morgan fingerprint density at radius 3 is 2.25 bits per heavy atom. The smallest absolute Gasteiger partial charge is 0.303 e. The number of thioether (sulfide) groups is 1. The molecule has 1 aliphatic heterocycles. The zero-order chi connectivity index (χ0) is 23.3. The lowest BCUT2D eigenvalue weighted by Crippen LogP contribution is -2.55. The normalized spacial score (nSPS) is 22.5. The van der Waals surface area contributed by atoms with Gasteiger partial charge in [0.2, 0.25) is 5.95 Å². The van der Waals surface area contributed by atoms with E-state index in [1.165, 1.54) is 51.0 Å². The first-order chi connectivity index (χ1) is 15.2. The summed E-state index contributed by atoms with van der Waals surface area (Å²) in [6.45, 7) is 3.66. The van der Waals surface area contributed by atoms with E-state index >= 15 is 0 Å². The predicted molar refractivity (Wildman–Crippen MR) is 111 cm³/mol. The van der Waals surface area contributed by atoms with Gasteiger partial charge in [-0.1, -0.05) is 0 Å². The second kappa shape index (κ2) is 10.4. The highest BCUT2D eigenvalue weighted by molar-refractivity contribution is 7.99. The van der Waals surface area contributed by atoms with Gasteiger partial charge in [-0.05, 0) is 18.2 Å². The number of pyridine rings is 2. The Balaban J connectivity index is 1.86. The molecule has 0 radical (unpaired) electrons. The van der Waals surface area contributed by atoms with E-state index in [0.29, 0.717) is 16.9 Å². The summed E-state index contributed by atoms with van der Waals surface area (Å²) >= 11 is 1.24. The van der Waals surface area contributed by atoms with E-state index in [0.717, 1.165) is 0 Å². The molecule has 170 valence electrons. The van der Waals surface area contributed by atoms with Crippen molar-refractivity contribution in [2.75, 3.05) is 5.75 Å². The van der Waals surface area contributed by atoms with E-state index in [1.54, 1.807) is 18.3 Å². The van der Waals surface area contributed by atoms with Crippen molar-refractivity contribution in [1.82, 2.24) is 9.97 Å². The number of carbonyl (C=O) groups is 3. The molecule has 9 nitrogen and oxygen atoms in total. The van der Waals surface area contributed by atoms with Gasteiger partial charge < -0.3 is 18.9 Å². The van der Waals surface area contributed by atoms with Crippen LogP contribution in [0.15, 0.2) is 36.8 Å². The van der Waals surface area contributed by atoms with Crippen LogP contribution < -0.4 is 4.74 Å². The Hall–Kier alpha value is -3.21. The average Bonchev–Trinajstić information content (AvgIpc) is 2.72. The van der Waals surface area contributed by atoms with Gasteiger partial charge in [-0.3, -0.25) is 19.4 Å². The maximum absolute atomic E-state index is 13.1. The number of esters is 3. The van der Waals surface area contributed by atoms with Crippen molar-refractivity contribution in [2.45, 2.75) is 44.5 Å². The first-order valence-electron chi connectivity index (χ1n) is 9.60. The fraction of sp³-hybridized carbons (Fsp3) is 0.381. The molecule has 32 heavy (non-hydrogen) atoms. The molecule has 3 heterocycles. The fourth-order valence-corrected chi connectivity index (χ4v) is 4.35. The number of carbonyl (C=O) groups excluding carboxylic acids is 3. The van der Waals surface area contributed by atoms with Crippen LogP contribution in [-0.2, 0) is 28.6 Å². The lowest BCUT2D eigenvalue weighted by atomic mass is 10.1. The minimum Gasteiger partial charge on any atom is -0.474 e. The van der Waals surface area contributed by atoms with Crippen LogP contribution in [-0.4, -0.2) is 57.4 Å². The molecule has 2 aromatic heterocycles. The Labute approximate surface area is 187 Å². The third-order valence-electron chi connectivity index (χ3n) is 4.33. The molecule has 1 fully saturated rings. The van der Waals surface area contributed by atoms with Crippen LogP contribution in [0.1, 0.15) is 20.8 Å². The first-order valence-corrected chi connectivity index (χ1v) is 10.6. The highest BCUT2D eigenvalue weighted by atomic mass is 32.2. The molecule has 0 spiro atoms. The van der Waals surface area contributed by atoms with Crippen molar-refractivity contribution in [3.63, 3.8) is 0 Å². The molecule has 4 atom stereocenters. The van der Waals surface area contributed by atoms with Crippen LogP contribution in [0.2, 0.25) is 0 Å². The molecule has 2 aromatic rings. The molecule has 0 saturated carbocycles. The summed E-state index contributed by atoms with van der Waals surface area (Å²) in [7, 11) is 0. The monoisotopic (exact) mass is 464 g/mol. The minimum atomic E-state index is -1.05. The number of ether oxygens (including phenoxy) is 4. The highest BCUT2D eigenvalue weighted by Crippen LogP contribution is 2.35. The fourth-order valence-electron chi connectivity index (χ4n) is 3.13.